The second-order valence-corrected chi connectivity index (χ2v) is 7.50. The van der Waals surface area contributed by atoms with Crippen LogP contribution in [0.25, 0.3) is 0 Å². The molecule has 6 heteroatoms. The number of amides is 2. The van der Waals surface area contributed by atoms with E-state index in [4.69, 9.17) is 4.74 Å². The fraction of sp³-hybridized carbons (Fsp3) is 0.231. The highest BCUT2D eigenvalue weighted by molar-refractivity contribution is 5.85. The molecule has 0 radical (unpaired) electrons. The van der Waals surface area contributed by atoms with Gasteiger partial charge < -0.3 is 10.1 Å². The Bertz CT molecular complexity index is 965. The molecule has 1 atom stereocenters. The molecule has 6 nitrogen and oxygen atoms in total. The topological polar surface area (TPSA) is 78.9 Å². The number of alkyl carbamates (subject to hydrolysis) is 1. The van der Waals surface area contributed by atoms with E-state index in [1.54, 1.807) is 0 Å². The first-order valence-electron chi connectivity index (χ1n) is 10.7. The Morgan fingerprint density at radius 1 is 0.812 bits per heavy atom. The lowest BCUT2D eigenvalue weighted by Gasteiger charge is -2.23. The van der Waals surface area contributed by atoms with Gasteiger partial charge in [-0.2, -0.15) is 0 Å². The van der Waals surface area contributed by atoms with E-state index in [9.17, 15) is 14.8 Å². The zero-order valence-electron chi connectivity index (χ0n) is 17.9. The average molecular weight is 433 g/mol. The largest absolute Gasteiger partial charge is 0.445 e. The van der Waals surface area contributed by atoms with Crippen molar-refractivity contribution in [1.29, 1.82) is 0 Å². The molecule has 0 spiro atoms. The highest BCUT2D eigenvalue weighted by Crippen LogP contribution is 2.09. The Labute approximate surface area is 188 Å². The summed E-state index contributed by atoms with van der Waals surface area (Å²) in [5, 5.41) is 13.7. The zero-order valence-corrected chi connectivity index (χ0v) is 17.9. The van der Waals surface area contributed by atoms with Gasteiger partial charge in [-0.15, -0.1) is 0 Å². The first-order chi connectivity index (χ1) is 15.6. The van der Waals surface area contributed by atoms with Crippen molar-refractivity contribution in [2.45, 2.75) is 31.9 Å². The standard InChI is InChI=1S/C26H28N2O4/c29-25(28(31)18-10-17-21-11-4-1-5-12-21)24(19-22-13-6-2-7-14-22)27-26(30)32-20-23-15-8-3-9-16-23/h1-9,11-16,24,31H,10,17-20H2,(H,27,30)/t24-/m0/s1. The van der Waals surface area contributed by atoms with E-state index in [-0.39, 0.29) is 19.6 Å². The Morgan fingerprint density at radius 2 is 1.34 bits per heavy atom. The van der Waals surface area contributed by atoms with Gasteiger partial charge in [-0.25, -0.2) is 9.86 Å². The number of ether oxygens (including phenoxy) is 1. The third-order valence-corrected chi connectivity index (χ3v) is 5.02. The van der Waals surface area contributed by atoms with Crippen molar-refractivity contribution in [3.63, 3.8) is 0 Å². The van der Waals surface area contributed by atoms with Gasteiger partial charge in [-0.05, 0) is 29.5 Å². The maximum absolute atomic E-state index is 12.9. The van der Waals surface area contributed by atoms with Crippen LogP contribution in [-0.4, -0.2) is 34.9 Å². The fourth-order valence-corrected chi connectivity index (χ4v) is 3.32. The second-order valence-electron chi connectivity index (χ2n) is 7.50. The van der Waals surface area contributed by atoms with E-state index in [0.29, 0.717) is 11.5 Å². The summed E-state index contributed by atoms with van der Waals surface area (Å²) < 4.78 is 5.26. The van der Waals surface area contributed by atoms with Gasteiger partial charge in [0.2, 0.25) is 0 Å². The molecule has 0 unspecified atom stereocenters. The van der Waals surface area contributed by atoms with Gasteiger partial charge in [0.1, 0.15) is 12.6 Å². The third kappa shape index (κ3) is 7.56. The van der Waals surface area contributed by atoms with Gasteiger partial charge in [0, 0.05) is 13.0 Å². The molecule has 0 fully saturated rings. The van der Waals surface area contributed by atoms with Crippen LogP contribution < -0.4 is 5.32 Å². The monoisotopic (exact) mass is 432 g/mol. The van der Waals surface area contributed by atoms with Gasteiger partial charge in [-0.3, -0.25) is 10.0 Å². The van der Waals surface area contributed by atoms with Gasteiger partial charge in [0.05, 0.1) is 0 Å². The van der Waals surface area contributed by atoms with Crippen molar-refractivity contribution in [2.24, 2.45) is 0 Å². The normalized spacial score (nSPS) is 11.4. The number of nitrogens with one attached hydrogen (secondary N) is 1. The molecule has 3 rings (SSSR count). The van der Waals surface area contributed by atoms with E-state index in [2.05, 4.69) is 5.32 Å². The maximum atomic E-state index is 12.9. The molecule has 0 aliphatic heterocycles. The maximum Gasteiger partial charge on any atom is 0.408 e. The van der Waals surface area contributed by atoms with Crippen LogP contribution >= 0.6 is 0 Å². The van der Waals surface area contributed by atoms with Crippen LogP contribution in [0.2, 0.25) is 0 Å². The minimum Gasteiger partial charge on any atom is -0.445 e. The summed E-state index contributed by atoms with van der Waals surface area (Å²) in [6, 6.07) is 27.6. The molecule has 0 aliphatic rings. The van der Waals surface area contributed by atoms with Crippen molar-refractivity contribution in [3.05, 3.63) is 108 Å². The van der Waals surface area contributed by atoms with Gasteiger partial charge in [0.15, 0.2) is 0 Å². The van der Waals surface area contributed by atoms with Crippen LogP contribution in [-0.2, 0) is 29.0 Å². The Balaban J connectivity index is 1.57. The lowest BCUT2D eigenvalue weighted by atomic mass is 10.1. The predicted octanol–water partition coefficient (Wildman–Crippen LogP) is 4.37. The summed E-state index contributed by atoms with van der Waals surface area (Å²) in [6.07, 6.45) is 0.875. The van der Waals surface area contributed by atoms with Crippen LogP contribution in [0.3, 0.4) is 0 Å². The summed E-state index contributed by atoms with van der Waals surface area (Å²) in [5.74, 6) is -0.571. The molecule has 3 aromatic rings. The molecule has 166 valence electrons. The van der Waals surface area contributed by atoms with Crippen LogP contribution in [0, 0.1) is 0 Å². The molecule has 32 heavy (non-hydrogen) atoms. The predicted molar refractivity (Wildman–Crippen MR) is 122 cm³/mol. The molecule has 2 amide bonds. The fourth-order valence-electron chi connectivity index (χ4n) is 3.32. The molecule has 0 saturated heterocycles. The number of rotatable bonds is 10. The van der Waals surface area contributed by atoms with Crippen LogP contribution in [0.1, 0.15) is 23.1 Å². The van der Waals surface area contributed by atoms with Crippen LogP contribution in [0.5, 0.6) is 0 Å². The highest BCUT2D eigenvalue weighted by Gasteiger charge is 2.26. The zero-order chi connectivity index (χ0) is 22.6. The number of hydrogen-bond acceptors (Lipinski definition) is 4. The highest BCUT2D eigenvalue weighted by atomic mass is 16.5. The number of hydrogen-bond donors (Lipinski definition) is 2. The molecule has 0 aliphatic carbocycles. The van der Waals surface area contributed by atoms with Gasteiger partial charge in [0.25, 0.3) is 5.91 Å². The van der Waals surface area contributed by atoms with E-state index < -0.39 is 18.0 Å². The van der Waals surface area contributed by atoms with Crippen LogP contribution in [0.15, 0.2) is 91.0 Å². The summed E-state index contributed by atoms with van der Waals surface area (Å²) in [6.45, 7) is 0.262. The Morgan fingerprint density at radius 3 is 1.94 bits per heavy atom. The summed E-state index contributed by atoms with van der Waals surface area (Å²) >= 11 is 0. The number of carbonyl (C=O) groups is 2. The lowest BCUT2D eigenvalue weighted by molar-refractivity contribution is -0.167. The molecule has 0 saturated carbocycles. The van der Waals surface area contributed by atoms with E-state index in [1.165, 1.54) is 0 Å². The molecule has 0 bridgehead atoms. The smallest absolute Gasteiger partial charge is 0.408 e. The summed E-state index contributed by atoms with van der Waals surface area (Å²) in [4.78, 5) is 25.3. The van der Waals surface area contributed by atoms with E-state index in [0.717, 1.165) is 23.1 Å². The quantitative estimate of drug-likeness (QED) is 0.368. The number of aryl methyl sites for hydroxylation is 1. The number of nitrogens with zero attached hydrogens (tertiary/aromatic N) is 1. The summed E-state index contributed by atoms with van der Waals surface area (Å²) in [5.41, 5.74) is 2.85. The average Bonchev–Trinajstić information content (AvgIpc) is 2.84. The van der Waals surface area contributed by atoms with Crippen molar-refractivity contribution >= 4 is 12.0 Å². The minimum absolute atomic E-state index is 0.0961. The number of carbonyl (C=O) groups excluding carboxylic acids is 2. The van der Waals surface area contributed by atoms with E-state index >= 15 is 0 Å². The summed E-state index contributed by atoms with van der Waals surface area (Å²) in [7, 11) is 0. The third-order valence-electron chi connectivity index (χ3n) is 5.02. The van der Waals surface area contributed by atoms with Crippen molar-refractivity contribution in [3.8, 4) is 0 Å². The van der Waals surface area contributed by atoms with Crippen molar-refractivity contribution in [1.82, 2.24) is 10.4 Å². The number of benzene rings is 3. The van der Waals surface area contributed by atoms with Crippen molar-refractivity contribution < 1.29 is 19.5 Å². The minimum atomic E-state index is -0.942. The molecule has 2 N–H and O–H groups in total. The van der Waals surface area contributed by atoms with Gasteiger partial charge in [-0.1, -0.05) is 91.0 Å². The van der Waals surface area contributed by atoms with Crippen molar-refractivity contribution in [2.75, 3.05) is 6.54 Å². The molecule has 3 aromatic carbocycles. The lowest BCUT2D eigenvalue weighted by Crippen LogP contribution is -2.49. The number of hydroxylamine groups is 2. The molecular weight excluding hydrogens is 404 g/mol. The Kier molecular flexibility index (Phi) is 8.83. The molecular formula is C26H28N2O4. The van der Waals surface area contributed by atoms with Crippen LogP contribution in [0.4, 0.5) is 4.79 Å². The first kappa shape index (κ1) is 23.0. The second kappa shape index (κ2) is 12.3. The Hall–Kier alpha value is -3.64. The van der Waals surface area contributed by atoms with E-state index in [1.807, 2.05) is 91.0 Å². The first-order valence-corrected chi connectivity index (χ1v) is 10.7. The molecule has 0 heterocycles. The van der Waals surface area contributed by atoms with Gasteiger partial charge >= 0.3 is 6.09 Å². The SMILES string of the molecule is O=C(N[C@@H](Cc1ccccc1)C(=O)N(O)CCCc1ccccc1)OCc1ccccc1. The molecule has 0 aromatic heterocycles.